The molecule has 2 aromatic heterocycles. The molecule has 0 bridgehead atoms. The molecule has 1 amide bonds. The van der Waals surface area contributed by atoms with Crippen molar-refractivity contribution in [3.05, 3.63) is 47.7 Å². The van der Waals surface area contributed by atoms with Crippen LogP contribution in [0.2, 0.25) is 0 Å². The predicted octanol–water partition coefficient (Wildman–Crippen LogP) is 1.24. The van der Waals surface area contributed by atoms with Gasteiger partial charge in [0.25, 0.3) is 5.91 Å². The van der Waals surface area contributed by atoms with E-state index in [-0.39, 0.29) is 18.2 Å². The Labute approximate surface area is 96.3 Å². The number of carbonyl (C=O) groups excluding carboxylic acids is 1. The number of hydrogen-bond acceptors (Lipinski definition) is 3. The first-order valence-electron chi connectivity index (χ1n) is 4.90. The summed E-state index contributed by atoms with van der Waals surface area (Å²) in [5, 5.41) is 11.2. The summed E-state index contributed by atoms with van der Waals surface area (Å²) in [4.78, 5) is 24.8. The average Bonchev–Trinajstić information content (AvgIpc) is 2.97. The van der Waals surface area contributed by atoms with Gasteiger partial charge in [-0.15, -0.1) is 0 Å². The van der Waals surface area contributed by atoms with Gasteiger partial charge in [-0.1, -0.05) is 0 Å². The highest BCUT2D eigenvalue weighted by molar-refractivity contribution is 5.92. The van der Waals surface area contributed by atoms with E-state index in [1.54, 1.807) is 18.3 Å². The lowest BCUT2D eigenvalue weighted by molar-refractivity contribution is 0.0660. The summed E-state index contributed by atoms with van der Waals surface area (Å²) in [5.41, 5.74) is 0.440. The van der Waals surface area contributed by atoms with Gasteiger partial charge in [0.1, 0.15) is 11.5 Å². The molecule has 17 heavy (non-hydrogen) atoms. The summed E-state index contributed by atoms with van der Waals surface area (Å²) in [5.74, 6) is -1.16. The molecule has 6 heteroatoms. The van der Waals surface area contributed by atoms with E-state index in [1.165, 1.54) is 12.1 Å². The third kappa shape index (κ3) is 2.54. The van der Waals surface area contributed by atoms with Gasteiger partial charge in [-0.05, 0) is 24.3 Å². The van der Waals surface area contributed by atoms with Gasteiger partial charge in [-0.3, -0.25) is 4.79 Å². The van der Waals surface area contributed by atoms with Crippen LogP contribution in [0.1, 0.15) is 26.8 Å². The normalized spacial score (nSPS) is 10.1. The predicted molar refractivity (Wildman–Crippen MR) is 57.6 cm³/mol. The van der Waals surface area contributed by atoms with Crippen molar-refractivity contribution in [1.82, 2.24) is 10.3 Å². The smallest absolute Gasteiger partial charge is 0.371 e. The molecule has 2 heterocycles. The maximum Gasteiger partial charge on any atom is 0.371 e. The van der Waals surface area contributed by atoms with E-state index in [0.29, 0.717) is 11.5 Å². The van der Waals surface area contributed by atoms with Crippen molar-refractivity contribution in [3.8, 4) is 0 Å². The van der Waals surface area contributed by atoms with Crippen molar-refractivity contribution in [2.45, 2.75) is 6.54 Å². The second kappa shape index (κ2) is 4.56. The number of amides is 1. The Balaban J connectivity index is 1.93. The van der Waals surface area contributed by atoms with Crippen LogP contribution in [0.4, 0.5) is 0 Å². The molecule has 88 valence electrons. The van der Waals surface area contributed by atoms with Crippen molar-refractivity contribution in [3.63, 3.8) is 0 Å². The minimum atomic E-state index is -1.13. The lowest BCUT2D eigenvalue weighted by Crippen LogP contribution is -2.22. The third-order valence-corrected chi connectivity index (χ3v) is 2.14. The van der Waals surface area contributed by atoms with Crippen molar-refractivity contribution < 1.29 is 19.1 Å². The second-order valence-electron chi connectivity index (χ2n) is 3.34. The molecule has 0 fully saturated rings. The zero-order valence-electron chi connectivity index (χ0n) is 8.77. The number of rotatable bonds is 4. The molecule has 2 aromatic rings. The number of aromatic amines is 1. The lowest BCUT2D eigenvalue weighted by atomic mass is 10.4. The number of carbonyl (C=O) groups is 2. The zero-order valence-corrected chi connectivity index (χ0v) is 8.77. The van der Waals surface area contributed by atoms with Crippen LogP contribution < -0.4 is 5.32 Å². The molecule has 0 spiro atoms. The summed E-state index contributed by atoms with van der Waals surface area (Å²) in [7, 11) is 0. The molecule has 0 atom stereocenters. The fourth-order valence-corrected chi connectivity index (χ4v) is 1.32. The molecule has 0 saturated carbocycles. The van der Waals surface area contributed by atoms with Crippen LogP contribution in [0.3, 0.4) is 0 Å². The molecule has 0 aliphatic rings. The van der Waals surface area contributed by atoms with Gasteiger partial charge in [0.15, 0.2) is 0 Å². The first kappa shape index (κ1) is 11.0. The topological polar surface area (TPSA) is 95.3 Å². The Hall–Kier alpha value is -2.50. The minimum absolute atomic E-state index is 0.144. The molecular formula is C11H10N2O4. The van der Waals surface area contributed by atoms with Gasteiger partial charge in [0.2, 0.25) is 5.76 Å². The van der Waals surface area contributed by atoms with Crippen LogP contribution >= 0.6 is 0 Å². The van der Waals surface area contributed by atoms with Crippen molar-refractivity contribution >= 4 is 11.9 Å². The number of aromatic nitrogens is 1. The van der Waals surface area contributed by atoms with E-state index in [9.17, 15) is 9.59 Å². The van der Waals surface area contributed by atoms with Crippen LogP contribution in [0, 0.1) is 0 Å². The monoisotopic (exact) mass is 234 g/mol. The molecule has 0 unspecified atom stereocenters. The van der Waals surface area contributed by atoms with E-state index >= 15 is 0 Å². The van der Waals surface area contributed by atoms with Gasteiger partial charge in [0.05, 0.1) is 6.54 Å². The highest BCUT2D eigenvalue weighted by atomic mass is 16.4. The van der Waals surface area contributed by atoms with Crippen molar-refractivity contribution in [1.29, 1.82) is 0 Å². The number of carboxylic acid groups (broad SMARTS) is 1. The molecule has 0 aromatic carbocycles. The molecule has 6 nitrogen and oxygen atoms in total. The minimum Gasteiger partial charge on any atom is -0.475 e. The fourth-order valence-electron chi connectivity index (χ4n) is 1.32. The number of H-pyrrole nitrogens is 1. The molecule has 0 radical (unpaired) electrons. The summed E-state index contributed by atoms with van der Waals surface area (Å²) in [6.07, 6.45) is 1.64. The van der Waals surface area contributed by atoms with Gasteiger partial charge in [-0.2, -0.15) is 0 Å². The second-order valence-corrected chi connectivity index (χ2v) is 3.34. The maximum absolute atomic E-state index is 11.5. The number of carboxylic acids is 1. The van der Waals surface area contributed by atoms with Crippen molar-refractivity contribution in [2.75, 3.05) is 0 Å². The van der Waals surface area contributed by atoms with Gasteiger partial charge in [-0.25, -0.2) is 4.79 Å². The summed E-state index contributed by atoms with van der Waals surface area (Å²) in [6.45, 7) is 0.144. The first-order chi connectivity index (χ1) is 8.16. The average molecular weight is 234 g/mol. The Bertz CT molecular complexity index is 527. The lowest BCUT2D eigenvalue weighted by Gasteiger charge is -2.00. The number of furan rings is 1. The molecular weight excluding hydrogens is 224 g/mol. The van der Waals surface area contributed by atoms with E-state index in [0.717, 1.165) is 0 Å². The van der Waals surface area contributed by atoms with E-state index < -0.39 is 5.97 Å². The fraction of sp³-hybridized carbons (Fsp3) is 0.0909. The van der Waals surface area contributed by atoms with E-state index in [2.05, 4.69) is 10.3 Å². The van der Waals surface area contributed by atoms with E-state index in [1.807, 2.05) is 0 Å². The molecule has 3 N–H and O–H groups in total. The maximum atomic E-state index is 11.5. The quantitative estimate of drug-likeness (QED) is 0.741. The van der Waals surface area contributed by atoms with Gasteiger partial charge >= 0.3 is 5.97 Å². The van der Waals surface area contributed by atoms with Crippen LogP contribution in [-0.2, 0) is 6.54 Å². The standard InChI is InChI=1S/C11H10N2O4/c14-10(8-2-1-5-12-8)13-6-7-3-4-9(17-7)11(15)16/h1-5,12H,6H2,(H,13,14)(H,15,16). The SMILES string of the molecule is O=C(NCc1ccc(C(=O)O)o1)c1ccc[nH]1. The summed E-state index contributed by atoms with van der Waals surface area (Å²) in [6, 6.07) is 6.21. The molecule has 0 aliphatic carbocycles. The molecule has 0 saturated heterocycles. The number of nitrogens with one attached hydrogen (secondary N) is 2. The van der Waals surface area contributed by atoms with Gasteiger partial charge < -0.3 is 19.8 Å². The summed E-state index contributed by atoms with van der Waals surface area (Å²) >= 11 is 0. The Morgan fingerprint density at radius 1 is 1.35 bits per heavy atom. The molecule has 0 aliphatic heterocycles. The van der Waals surface area contributed by atoms with Crippen LogP contribution in [-0.4, -0.2) is 22.0 Å². The largest absolute Gasteiger partial charge is 0.475 e. The first-order valence-corrected chi connectivity index (χ1v) is 4.90. The van der Waals surface area contributed by atoms with E-state index in [4.69, 9.17) is 9.52 Å². The third-order valence-electron chi connectivity index (χ3n) is 2.14. The molecule has 2 rings (SSSR count). The highest BCUT2D eigenvalue weighted by Gasteiger charge is 2.10. The van der Waals surface area contributed by atoms with Crippen LogP contribution in [0.25, 0.3) is 0 Å². The number of aromatic carboxylic acids is 1. The Morgan fingerprint density at radius 2 is 2.18 bits per heavy atom. The zero-order chi connectivity index (χ0) is 12.3. The Morgan fingerprint density at radius 3 is 2.76 bits per heavy atom. The summed E-state index contributed by atoms with van der Waals surface area (Å²) < 4.78 is 4.99. The van der Waals surface area contributed by atoms with Gasteiger partial charge in [0, 0.05) is 6.20 Å². The number of hydrogen-bond donors (Lipinski definition) is 3. The van der Waals surface area contributed by atoms with Crippen LogP contribution in [0.15, 0.2) is 34.9 Å². The van der Waals surface area contributed by atoms with Crippen molar-refractivity contribution in [2.24, 2.45) is 0 Å². The van der Waals surface area contributed by atoms with Crippen LogP contribution in [0.5, 0.6) is 0 Å². The Kier molecular flexibility index (Phi) is 2.95. The highest BCUT2D eigenvalue weighted by Crippen LogP contribution is 2.07.